The first-order valence-electron chi connectivity index (χ1n) is 5.64. The fourth-order valence-electron chi connectivity index (χ4n) is 1.68. The van der Waals surface area contributed by atoms with Crippen LogP contribution in [0.25, 0.3) is 0 Å². The lowest BCUT2D eigenvalue weighted by molar-refractivity contribution is 0.189. The zero-order chi connectivity index (χ0) is 11.3. The summed E-state index contributed by atoms with van der Waals surface area (Å²) in [4.78, 5) is 2.20. The zero-order valence-corrected chi connectivity index (χ0v) is 10.2. The molecule has 1 aliphatic rings. The van der Waals surface area contributed by atoms with Crippen molar-refractivity contribution >= 4 is 9.84 Å². The van der Waals surface area contributed by atoms with Gasteiger partial charge >= 0.3 is 0 Å². The SMILES string of the molecule is CCS(=O)(=O)CCCN(CCO)C1CC1. The van der Waals surface area contributed by atoms with E-state index in [0.29, 0.717) is 19.0 Å². The molecule has 0 unspecified atom stereocenters. The highest BCUT2D eigenvalue weighted by Crippen LogP contribution is 2.26. The van der Waals surface area contributed by atoms with Gasteiger partial charge in [0.2, 0.25) is 0 Å². The Balaban J connectivity index is 2.22. The Kier molecular flexibility index (Phi) is 5.02. The topological polar surface area (TPSA) is 57.6 Å². The van der Waals surface area contributed by atoms with E-state index in [1.807, 2.05) is 0 Å². The molecule has 0 saturated heterocycles. The number of aliphatic hydroxyl groups excluding tert-OH is 1. The Bertz CT molecular complexity index is 272. The summed E-state index contributed by atoms with van der Waals surface area (Å²) in [7, 11) is -2.82. The average molecular weight is 235 g/mol. The van der Waals surface area contributed by atoms with Crippen molar-refractivity contribution in [2.24, 2.45) is 0 Å². The summed E-state index contributed by atoms with van der Waals surface area (Å²) in [6, 6.07) is 0.599. The number of rotatable bonds is 8. The minimum absolute atomic E-state index is 0.164. The lowest BCUT2D eigenvalue weighted by Crippen LogP contribution is -2.31. The summed E-state index contributed by atoms with van der Waals surface area (Å²) in [6.45, 7) is 3.32. The molecule has 1 saturated carbocycles. The van der Waals surface area contributed by atoms with E-state index in [0.717, 1.165) is 6.54 Å². The van der Waals surface area contributed by atoms with E-state index in [1.54, 1.807) is 6.92 Å². The highest BCUT2D eigenvalue weighted by Gasteiger charge is 2.28. The van der Waals surface area contributed by atoms with Gasteiger partial charge in [-0.2, -0.15) is 0 Å². The lowest BCUT2D eigenvalue weighted by Gasteiger charge is -2.20. The van der Waals surface area contributed by atoms with Gasteiger partial charge in [-0.05, 0) is 25.8 Å². The van der Waals surface area contributed by atoms with Crippen LogP contribution in [0, 0.1) is 0 Å². The summed E-state index contributed by atoms with van der Waals surface area (Å²) < 4.78 is 22.5. The van der Waals surface area contributed by atoms with Crippen molar-refractivity contribution in [1.29, 1.82) is 0 Å². The maximum atomic E-state index is 11.3. The van der Waals surface area contributed by atoms with E-state index in [9.17, 15) is 8.42 Å². The number of nitrogens with zero attached hydrogens (tertiary/aromatic N) is 1. The Morgan fingerprint density at radius 1 is 1.33 bits per heavy atom. The van der Waals surface area contributed by atoms with E-state index in [2.05, 4.69) is 4.90 Å². The zero-order valence-electron chi connectivity index (χ0n) is 9.35. The third-order valence-corrected chi connectivity index (χ3v) is 4.58. The van der Waals surface area contributed by atoms with Crippen molar-refractivity contribution in [3.63, 3.8) is 0 Å². The molecule has 5 heteroatoms. The van der Waals surface area contributed by atoms with Crippen LogP contribution in [0.2, 0.25) is 0 Å². The normalized spacial score (nSPS) is 17.3. The van der Waals surface area contributed by atoms with Crippen molar-refractivity contribution in [2.75, 3.05) is 31.2 Å². The maximum absolute atomic E-state index is 11.3. The minimum Gasteiger partial charge on any atom is -0.395 e. The van der Waals surface area contributed by atoms with Crippen molar-refractivity contribution in [3.05, 3.63) is 0 Å². The molecule has 0 amide bonds. The first-order chi connectivity index (χ1) is 7.09. The van der Waals surface area contributed by atoms with Crippen LogP contribution in [0.1, 0.15) is 26.2 Å². The van der Waals surface area contributed by atoms with Crippen molar-refractivity contribution in [1.82, 2.24) is 4.90 Å². The summed E-state index contributed by atoms with van der Waals surface area (Å²) >= 11 is 0. The van der Waals surface area contributed by atoms with E-state index < -0.39 is 9.84 Å². The molecular formula is C10H21NO3S. The molecule has 1 rings (SSSR count). The fraction of sp³-hybridized carbons (Fsp3) is 1.00. The first-order valence-corrected chi connectivity index (χ1v) is 7.46. The van der Waals surface area contributed by atoms with Gasteiger partial charge in [-0.15, -0.1) is 0 Å². The van der Waals surface area contributed by atoms with Gasteiger partial charge in [-0.25, -0.2) is 8.42 Å². The second-order valence-electron chi connectivity index (χ2n) is 4.08. The number of hydrogen-bond acceptors (Lipinski definition) is 4. The van der Waals surface area contributed by atoms with Crippen LogP contribution in [0.3, 0.4) is 0 Å². The molecule has 90 valence electrons. The second-order valence-corrected chi connectivity index (χ2v) is 6.55. The molecule has 0 aromatic heterocycles. The molecule has 15 heavy (non-hydrogen) atoms. The van der Waals surface area contributed by atoms with Crippen LogP contribution in [-0.4, -0.2) is 55.7 Å². The molecule has 0 bridgehead atoms. The monoisotopic (exact) mass is 235 g/mol. The van der Waals surface area contributed by atoms with Crippen LogP contribution < -0.4 is 0 Å². The van der Waals surface area contributed by atoms with Crippen LogP contribution in [0.15, 0.2) is 0 Å². The summed E-state index contributed by atoms with van der Waals surface area (Å²) in [5, 5.41) is 8.86. The Hall–Kier alpha value is -0.130. The van der Waals surface area contributed by atoms with E-state index >= 15 is 0 Å². The largest absolute Gasteiger partial charge is 0.395 e. The molecule has 0 aromatic carbocycles. The standard InChI is InChI=1S/C10H21NO3S/c1-2-15(13,14)9-3-6-11(7-8-12)10-4-5-10/h10,12H,2-9H2,1H3. The van der Waals surface area contributed by atoms with Gasteiger partial charge in [0.1, 0.15) is 9.84 Å². The predicted molar refractivity (Wildman–Crippen MR) is 60.6 cm³/mol. The molecular weight excluding hydrogens is 214 g/mol. The smallest absolute Gasteiger partial charge is 0.150 e. The Morgan fingerprint density at radius 2 is 2.00 bits per heavy atom. The minimum atomic E-state index is -2.82. The summed E-state index contributed by atoms with van der Waals surface area (Å²) in [5.41, 5.74) is 0. The molecule has 4 nitrogen and oxygen atoms in total. The molecule has 1 aliphatic carbocycles. The van der Waals surface area contributed by atoms with Crippen molar-refractivity contribution in [3.8, 4) is 0 Å². The van der Waals surface area contributed by atoms with Crippen LogP contribution in [-0.2, 0) is 9.84 Å². The summed E-state index contributed by atoms with van der Waals surface area (Å²) in [6.07, 6.45) is 3.08. The third-order valence-electron chi connectivity index (χ3n) is 2.79. The van der Waals surface area contributed by atoms with Crippen molar-refractivity contribution in [2.45, 2.75) is 32.2 Å². The van der Waals surface area contributed by atoms with Crippen LogP contribution in [0.4, 0.5) is 0 Å². The van der Waals surface area contributed by atoms with Gasteiger partial charge in [0.25, 0.3) is 0 Å². The lowest BCUT2D eigenvalue weighted by atomic mass is 10.4. The third kappa shape index (κ3) is 4.95. The number of sulfone groups is 1. The number of hydrogen-bond donors (Lipinski definition) is 1. The van der Waals surface area contributed by atoms with E-state index in [-0.39, 0.29) is 18.1 Å². The predicted octanol–water partition coefficient (Wildman–Crippen LogP) is 0.268. The highest BCUT2D eigenvalue weighted by atomic mass is 32.2. The van der Waals surface area contributed by atoms with Crippen LogP contribution in [0.5, 0.6) is 0 Å². The first kappa shape index (κ1) is 12.9. The second kappa shape index (κ2) is 5.82. The van der Waals surface area contributed by atoms with Gasteiger partial charge in [-0.3, -0.25) is 4.90 Å². The molecule has 1 N–H and O–H groups in total. The van der Waals surface area contributed by atoms with Gasteiger partial charge in [0, 0.05) is 18.3 Å². The quantitative estimate of drug-likeness (QED) is 0.656. The van der Waals surface area contributed by atoms with E-state index in [1.165, 1.54) is 12.8 Å². The molecule has 0 aromatic rings. The highest BCUT2D eigenvalue weighted by molar-refractivity contribution is 7.91. The summed E-state index contributed by atoms with van der Waals surface area (Å²) in [5.74, 6) is 0.509. The average Bonchev–Trinajstić information content (AvgIpc) is 3.00. The van der Waals surface area contributed by atoms with E-state index in [4.69, 9.17) is 5.11 Å². The molecule has 1 fully saturated rings. The fourth-order valence-corrected chi connectivity index (χ4v) is 2.53. The molecule has 0 radical (unpaired) electrons. The molecule has 0 heterocycles. The van der Waals surface area contributed by atoms with Gasteiger partial charge < -0.3 is 5.11 Å². The molecule has 0 atom stereocenters. The van der Waals surface area contributed by atoms with Gasteiger partial charge in [0.05, 0.1) is 12.4 Å². The van der Waals surface area contributed by atoms with Gasteiger partial charge in [0.15, 0.2) is 0 Å². The van der Waals surface area contributed by atoms with Gasteiger partial charge in [-0.1, -0.05) is 6.92 Å². The maximum Gasteiger partial charge on any atom is 0.150 e. The number of aliphatic hydroxyl groups is 1. The van der Waals surface area contributed by atoms with Crippen molar-refractivity contribution < 1.29 is 13.5 Å². The Labute approximate surface area is 92.2 Å². The molecule has 0 spiro atoms. The Morgan fingerprint density at radius 3 is 2.47 bits per heavy atom. The van der Waals surface area contributed by atoms with Crippen LogP contribution >= 0.6 is 0 Å². The molecule has 0 aliphatic heterocycles.